The number of likely N-dealkylation sites (tertiary alicyclic amines) is 1. The van der Waals surface area contributed by atoms with Crippen LogP contribution in [-0.4, -0.2) is 60.9 Å². The van der Waals surface area contributed by atoms with Crippen LogP contribution in [0.15, 0.2) is 30.3 Å². The number of hydrogen-bond acceptors (Lipinski definition) is 4. The number of carbonyl (C=O) groups excluding carboxylic acids is 2. The van der Waals surface area contributed by atoms with Crippen LogP contribution >= 0.6 is 0 Å². The van der Waals surface area contributed by atoms with E-state index in [0.29, 0.717) is 32.7 Å². The third-order valence-corrected chi connectivity index (χ3v) is 4.80. The first kappa shape index (κ1) is 19.2. The Kier molecular flexibility index (Phi) is 7.25. The number of piperidine rings is 1. The normalized spacial score (nSPS) is 18.5. The minimum atomic E-state index is -0.133. The maximum Gasteiger partial charge on any atom is 0.227 e. The summed E-state index contributed by atoms with van der Waals surface area (Å²) in [6, 6.07) is 9.47. The first-order valence-corrected chi connectivity index (χ1v) is 8.95. The summed E-state index contributed by atoms with van der Waals surface area (Å²) in [6.07, 6.45) is 2.00. The summed E-state index contributed by atoms with van der Waals surface area (Å²) >= 11 is 0. The van der Waals surface area contributed by atoms with Crippen molar-refractivity contribution in [2.45, 2.75) is 32.2 Å². The molecule has 2 unspecified atom stereocenters. The van der Waals surface area contributed by atoms with Gasteiger partial charge >= 0.3 is 0 Å². The summed E-state index contributed by atoms with van der Waals surface area (Å²) in [5, 5.41) is 0. The predicted octanol–water partition coefficient (Wildman–Crippen LogP) is 1.50. The van der Waals surface area contributed by atoms with Gasteiger partial charge in [-0.25, -0.2) is 0 Å². The standard InChI is InChI=1S/C19H29N3O3/c1-15(13-20)21(2)19(24)16-7-6-11-22(14-16)18(23)10-12-25-17-8-4-3-5-9-17/h3-5,8-9,15-16H,6-7,10-14,20H2,1-2H3. The topological polar surface area (TPSA) is 75.9 Å². The molecule has 138 valence electrons. The lowest BCUT2D eigenvalue weighted by Gasteiger charge is -2.35. The van der Waals surface area contributed by atoms with Crippen LogP contribution in [0.25, 0.3) is 0 Å². The summed E-state index contributed by atoms with van der Waals surface area (Å²) in [5.74, 6) is 0.755. The number of ether oxygens (including phenoxy) is 1. The van der Waals surface area contributed by atoms with Gasteiger partial charge < -0.3 is 20.3 Å². The van der Waals surface area contributed by atoms with Gasteiger partial charge in [0.05, 0.1) is 18.9 Å². The molecular formula is C19H29N3O3. The lowest BCUT2D eigenvalue weighted by atomic mass is 9.96. The SMILES string of the molecule is CC(CN)N(C)C(=O)C1CCCN(C(=O)CCOc2ccccc2)C1. The third kappa shape index (κ3) is 5.46. The summed E-state index contributed by atoms with van der Waals surface area (Å²) < 4.78 is 5.59. The number of rotatable bonds is 7. The van der Waals surface area contributed by atoms with Crippen molar-refractivity contribution in [2.75, 3.05) is 33.3 Å². The highest BCUT2D eigenvalue weighted by Gasteiger charge is 2.31. The highest BCUT2D eigenvalue weighted by Crippen LogP contribution is 2.20. The molecule has 0 bridgehead atoms. The summed E-state index contributed by atoms with van der Waals surface area (Å²) in [7, 11) is 1.79. The lowest BCUT2D eigenvalue weighted by Crippen LogP contribution is -2.49. The van der Waals surface area contributed by atoms with Gasteiger partial charge in [-0.2, -0.15) is 0 Å². The zero-order valence-electron chi connectivity index (χ0n) is 15.2. The van der Waals surface area contributed by atoms with E-state index in [-0.39, 0.29) is 23.8 Å². The maximum absolute atomic E-state index is 12.6. The van der Waals surface area contributed by atoms with E-state index >= 15 is 0 Å². The van der Waals surface area contributed by atoms with Gasteiger partial charge in [-0.05, 0) is 31.9 Å². The second kappa shape index (κ2) is 9.42. The number of para-hydroxylation sites is 1. The number of amides is 2. The van der Waals surface area contributed by atoms with E-state index < -0.39 is 0 Å². The Balaban J connectivity index is 1.81. The minimum Gasteiger partial charge on any atom is -0.493 e. The van der Waals surface area contributed by atoms with Crippen molar-refractivity contribution in [2.24, 2.45) is 11.7 Å². The quantitative estimate of drug-likeness (QED) is 0.811. The van der Waals surface area contributed by atoms with Gasteiger partial charge in [0.25, 0.3) is 0 Å². The van der Waals surface area contributed by atoms with Gasteiger partial charge in [-0.1, -0.05) is 18.2 Å². The van der Waals surface area contributed by atoms with Crippen LogP contribution in [0.2, 0.25) is 0 Å². The van der Waals surface area contributed by atoms with E-state index in [1.807, 2.05) is 37.3 Å². The number of benzene rings is 1. The third-order valence-electron chi connectivity index (χ3n) is 4.80. The molecule has 0 aromatic heterocycles. The molecule has 0 radical (unpaired) electrons. The average Bonchev–Trinajstić information content (AvgIpc) is 2.67. The summed E-state index contributed by atoms with van der Waals surface area (Å²) in [4.78, 5) is 28.5. The lowest BCUT2D eigenvalue weighted by molar-refractivity contribution is -0.141. The molecule has 6 heteroatoms. The molecule has 1 aromatic rings. The van der Waals surface area contributed by atoms with Crippen LogP contribution in [0.4, 0.5) is 0 Å². The molecule has 2 atom stereocenters. The number of likely N-dealkylation sites (N-methyl/N-ethyl adjacent to an activating group) is 1. The van der Waals surface area contributed by atoms with Gasteiger partial charge in [0, 0.05) is 32.7 Å². The molecule has 6 nitrogen and oxygen atoms in total. The van der Waals surface area contributed by atoms with Crippen molar-refractivity contribution in [1.82, 2.24) is 9.80 Å². The second-order valence-electron chi connectivity index (χ2n) is 6.62. The van der Waals surface area contributed by atoms with Crippen LogP contribution in [0.5, 0.6) is 5.75 Å². The first-order valence-electron chi connectivity index (χ1n) is 8.95. The Hall–Kier alpha value is -2.08. The molecule has 2 N–H and O–H groups in total. The van der Waals surface area contributed by atoms with Crippen LogP contribution in [0, 0.1) is 5.92 Å². The van der Waals surface area contributed by atoms with Gasteiger partial charge in [0.2, 0.25) is 11.8 Å². The molecule has 1 aromatic carbocycles. The Labute approximate surface area is 149 Å². The fraction of sp³-hybridized carbons (Fsp3) is 0.579. The number of nitrogens with two attached hydrogens (primary N) is 1. The molecule has 25 heavy (non-hydrogen) atoms. The highest BCUT2D eigenvalue weighted by atomic mass is 16.5. The Bertz CT molecular complexity index is 564. The second-order valence-corrected chi connectivity index (χ2v) is 6.62. The number of hydrogen-bond donors (Lipinski definition) is 1. The van der Waals surface area contributed by atoms with Crippen molar-refractivity contribution in [1.29, 1.82) is 0 Å². The number of carbonyl (C=O) groups is 2. The van der Waals surface area contributed by atoms with Gasteiger partial charge in [0.15, 0.2) is 0 Å². The zero-order valence-corrected chi connectivity index (χ0v) is 15.2. The fourth-order valence-electron chi connectivity index (χ4n) is 3.00. The molecule has 0 spiro atoms. The summed E-state index contributed by atoms with van der Waals surface area (Å²) in [6.45, 7) is 3.93. The molecule has 1 aliphatic rings. The van der Waals surface area contributed by atoms with Crippen molar-refractivity contribution in [3.05, 3.63) is 30.3 Å². The van der Waals surface area contributed by atoms with E-state index in [1.54, 1.807) is 16.8 Å². The average molecular weight is 347 g/mol. The van der Waals surface area contributed by atoms with Gasteiger partial charge in [-0.15, -0.1) is 0 Å². The van der Waals surface area contributed by atoms with E-state index in [1.165, 1.54) is 0 Å². The van der Waals surface area contributed by atoms with Crippen molar-refractivity contribution in [3.8, 4) is 5.75 Å². The number of nitrogens with zero attached hydrogens (tertiary/aromatic N) is 2. The Morgan fingerprint density at radius 1 is 1.36 bits per heavy atom. The van der Waals surface area contributed by atoms with E-state index in [9.17, 15) is 9.59 Å². The Morgan fingerprint density at radius 3 is 2.76 bits per heavy atom. The van der Waals surface area contributed by atoms with Crippen LogP contribution in [-0.2, 0) is 9.59 Å². The van der Waals surface area contributed by atoms with E-state index in [2.05, 4.69) is 0 Å². The van der Waals surface area contributed by atoms with Gasteiger partial charge in [-0.3, -0.25) is 9.59 Å². The monoisotopic (exact) mass is 347 g/mol. The molecule has 1 aliphatic heterocycles. The highest BCUT2D eigenvalue weighted by molar-refractivity contribution is 5.81. The smallest absolute Gasteiger partial charge is 0.227 e. The molecular weight excluding hydrogens is 318 g/mol. The van der Waals surface area contributed by atoms with Crippen LogP contribution in [0.3, 0.4) is 0 Å². The van der Waals surface area contributed by atoms with E-state index in [4.69, 9.17) is 10.5 Å². The minimum absolute atomic E-state index is 0.0119. The van der Waals surface area contributed by atoms with Crippen molar-refractivity contribution < 1.29 is 14.3 Å². The zero-order chi connectivity index (χ0) is 18.2. The molecule has 0 aliphatic carbocycles. The first-order chi connectivity index (χ1) is 12.0. The van der Waals surface area contributed by atoms with Crippen LogP contribution < -0.4 is 10.5 Å². The molecule has 1 fully saturated rings. The molecule has 1 heterocycles. The molecule has 2 amide bonds. The van der Waals surface area contributed by atoms with Crippen LogP contribution in [0.1, 0.15) is 26.2 Å². The van der Waals surface area contributed by atoms with E-state index in [0.717, 1.165) is 18.6 Å². The molecule has 0 saturated carbocycles. The molecule has 1 saturated heterocycles. The predicted molar refractivity (Wildman–Crippen MR) is 97.1 cm³/mol. The molecule has 2 rings (SSSR count). The van der Waals surface area contributed by atoms with Crippen molar-refractivity contribution in [3.63, 3.8) is 0 Å². The fourth-order valence-corrected chi connectivity index (χ4v) is 3.00. The maximum atomic E-state index is 12.6. The van der Waals surface area contributed by atoms with Gasteiger partial charge in [0.1, 0.15) is 5.75 Å². The summed E-state index contributed by atoms with van der Waals surface area (Å²) in [5.41, 5.74) is 5.65. The van der Waals surface area contributed by atoms with Crippen molar-refractivity contribution >= 4 is 11.8 Å². The Morgan fingerprint density at radius 2 is 2.08 bits per heavy atom. The largest absolute Gasteiger partial charge is 0.493 e.